The van der Waals surface area contributed by atoms with Crippen LogP contribution in [0.15, 0.2) is 42.5 Å². The molecule has 0 atom stereocenters. The first kappa shape index (κ1) is 17.7. The Labute approximate surface area is 153 Å². The molecule has 0 fully saturated rings. The van der Waals surface area contributed by atoms with Crippen molar-refractivity contribution in [1.82, 2.24) is 10.3 Å². The Hall–Kier alpha value is -3.10. The molecule has 0 amide bonds. The molecule has 5 nitrogen and oxygen atoms in total. The average molecular weight is 346 g/mol. The SMILES string of the molecule is CNCCc1cc(C#N)cc(OCc2ccc3c(C)cc(N)nc3c2)c1. The number of benzene rings is 2. The number of likely N-dealkylation sites (N-methyl/N-ethyl adjacent to an activating group) is 1. The van der Waals surface area contributed by atoms with Gasteiger partial charge in [0.2, 0.25) is 0 Å². The van der Waals surface area contributed by atoms with Gasteiger partial charge in [0.05, 0.1) is 17.1 Å². The van der Waals surface area contributed by atoms with Crippen LogP contribution in [0.2, 0.25) is 0 Å². The number of nitrogens with zero attached hydrogens (tertiary/aromatic N) is 2. The fourth-order valence-corrected chi connectivity index (χ4v) is 2.95. The van der Waals surface area contributed by atoms with E-state index in [2.05, 4.69) is 16.4 Å². The van der Waals surface area contributed by atoms with Gasteiger partial charge < -0.3 is 15.8 Å². The number of nitrogens with two attached hydrogens (primary N) is 1. The van der Waals surface area contributed by atoms with E-state index in [1.54, 1.807) is 6.07 Å². The zero-order valence-corrected chi connectivity index (χ0v) is 15.0. The highest BCUT2D eigenvalue weighted by molar-refractivity contribution is 5.84. The van der Waals surface area contributed by atoms with Crippen molar-refractivity contribution >= 4 is 16.7 Å². The third-order valence-corrected chi connectivity index (χ3v) is 4.27. The van der Waals surface area contributed by atoms with Crippen molar-refractivity contribution in [3.63, 3.8) is 0 Å². The van der Waals surface area contributed by atoms with Crippen LogP contribution in [0.4, 0.5) is 5.82 Å². The highest BCUT2D eigenvalue weighted by Gasteiger charge is 2.05. The number of rotatable bonds is 6. The standard InChI is InChI=1S/C21H22N4O/c1-14-7-21(23)25-20-11-16(3-4-19(14)20)13-26-18-9-15(5-6-24-2)8-17(10-18)12-22/h3-4,7-11,24H,5-6,13H2,1-2H3,(H2,23,25). The van der Waals surface area contributed by atoms with Gasteiger partial charge in [0.15, 0.2) is 0 Å². The molecule has 0 spiro atoms. The highest BCUT2D eigenvalue weighted by atomic mass is 16.5. The molecule has 132 valence electrons. The van der Waals surface area contributed by atoms with Crippen LogP contribution in [0.3, 0.4) is 0 Å². The summed E-state index contributed by atoms with van der Waals surface area (Å²) in [6.07, 6.45) is 0.848. The second kappa shape index (κ2) is 7.85. The number of ether oxygens (including phenoxy) is 1. The number of nitrogen functional groups attached to an aromatic ring is 1. The molecule has 3 N–H and O–H groups in total. The van der Waals surface area contributed by atoms with Crippen molar-refractivity contribution in [1.29, 1.82) is 5.26 Å². The molecule has 0 radical (unpaired) electrons. The number of aromatic nitrogens is 1. The molecule has 0 aliphatic carbocycles. The summed E-state index contributed by atoms with van der Waals surface area (Å²) in [5.41, 5.74) is 10.5. The lowest BCUT2D eigenvalue weighted by Gasteiger charge is -2.10. The smallest absolute Gasteiger partial charge is 0.124 e. The molecule has 2 aromatic carbocycles. The van der Waals surface area contributed by atoms with Crippen LogP contribution >= 0.6 is 0 Å². The summed E-state index contributed by atoms with van der Waals surface area (Å²) in [5.74, 6) is 1.22. The molecule has 0 aliphatic heterocycles. The average Bonchev–Trinajstić information content (AvgIpc) is 2.64. The Kier molecular flexibility index (Phi) is 5.35. The number of pyridine rings is 1. The van der Waals surface area contributed by atoms with Gasteiger partial charge in [-0.3, -0.25) is 0 Å². The van der Waals surface area contributed by atoms with E-state index in [0.29, 0.717) is 23.7 Å². The monoisotopic (exact) mass is 346 g/mol. The minimum atomic E-state index is 0.409. The van der Waals surface area contributed by atoms with E-state index in [1.807, 2.05) is 50.4 Å². The minimum absolute atomic E-state index is 0.409. The van der Waals surface area contributed by atoms with Gasteiger partial charge in [-0.25, -0.2) is 4.98 Å². The van der Waals surface area contributed by atoms with E-state index < -0.39 is 0 Å². The van der Waals surface area contributed by atoms with Crippen LogP contribution in [0.5, 0.6) is 5.75 Å². The molecule has 1 aromatic heterocycles. The second-order valence-electron chi connectivity index (χ2n) is 6.34. The molecule has 26 heavy (non-hydrogen) atoms. The van der Waals surface area contributed by atoms with E-state index in [1.165, 1.54) is 0 Å². The Bertz CT molecular complexity index is 976. The molecule has 1 heterocycles. The van der Waals surface area contributed by atoms with Gasteiger partial charge in [0.25, 0.3) is 0 Å². The number of anilines is 1. The fraction of sp³-hybridized carbons (Fsp3) is 0.238. The Balaban J connectivity index is 1.80. The predicted molar refractivity (Wildman–Crippen MR) is 104 cm³/mol. The quantitative estimate of drug-likeness (QED) is 0.715. The van der Waals surface area contributed by atoms with E-state index in [0.717, 1.165) is 40.6 Å². The molecule has 0 saturated heterocycles. The maximum Gasteiger partial charge on any atom is 0.124 e. The van der Waals surface area contributed by atoms with Gasteiger partial charge in [0.1, 0.15) is 18.2 Å². The highest BCUT2D eigenvalue weighted by Crippen LogP contribution is 2.22. The van der Waals surface area contributed by atoms with Gasteiger partial charge in [-0.1, -0.05) is 12.1 Å². The van der Waals surface area contributed by atoms with Crippen LogP contribution in [0.1, 0.15) is 22.3 Å². The molecule has 0 unspecified atom stereocenters. The lowest BCUT2D eigenvalue weighted by atomic mass is 10.1. The molecule has 0 bridgehead atoms. The van der Waals surface area contributed by atoms with Gasteiger partial charge in [-0.2, -0.15) is 5.26 Å². The maximum absolute atomic E-state index is 9.23. The summed E-state index contributed by atoms with van der Waals surface area (Å²) >= 11 is 0. The number of hydrogen-bond donors (Lipinski definition) is 2. The van der Waals surface area contributed by atoms with E-state index in [-0.39, 0.29) is 0 Å². The van der Waals surface area contributed by atoms with Crippen LogP contribution in [0.25, 0.3) is 10.9 Å². The summed E-state index contributed by atoms with van der Waals surface area (Å²) in [6, 6.07) is 15.8. The van der Waals surface area contributed by atoms with Gasteiger partial charge in [-0.15, -0.1) is 0 Å². The van der Waals surface area contributed by atoms with E-state index >= 15 is 0 Å². The van der Waals surface area contributed by atoms with Crippen LogP contribution < -0.4 is 15.8 Å². The van der Waals surface area contributed by atoms with Crippen molar-refractivity contribution in [3.8, 4) is 11.8 Å². The molecule has 0 saturated carbocycles. The van der Waals surface area contributed by atoms with Crippen molar-refractivity contribution in [2.75, 3.05) is 19.3 Å². The van der Waals surface area contributed by atoms with Crippen molar-refractivity contribution < 1.29 is 4.74 Å². The van der Waals surface area contributed by atoms with Crippen molar-refractivity contribution in [2.45, 2.75) is 20.0 Å². The van der Waals surface area contributed by atoms with E-state index in [9.17, 15) is 5.26 Å². The number of nitrogens with one attached hydrogen (secondary N) is 1. The number of hydrogen-bond acceptors (Lipinski definition) is 5. The lowest BCUT2D eigenvalue weighted by Crippen LogP contribution is -2.10. The lowest BCUT2D eigenvalue weighted by molar-refractivity contribution is 0.306. The first-order valence-corrected chi connectivity index (χ1v) is 8.56. The van der Waals surface area contributed by atoms with Crippen LogP contribution in [-0.4, -0.2) is 18.6 Å². The van der Waals surface area contributed by atoms with Gasteiger partial charge in [-0.05, 0) is 74.0 Å². The number of nitriles is 1. The summed E-state index contributed by atoms with van der Waals surface area (Å²) in [4.78, 5) is 4.40. The largest absolute Gasteiger partial charge is 0.489 e. The van der Waals surface area contributed by atoms with Gasteiger partial charge in [0, 0.05) is 5.39 Å². The Morgan fingerprint density at radius 2 is 2.00 bits per heavy atom. The number of fused-ring (bicyclic) bond motifs is 1. The van der Waals surface area contributed by atoms with Crippen molar-refractivity contribution in [2.24, 2.45) is 0 Å². The maximum atomic E-state index is 9.23. The third-order valence-electron chi connectivity index (χ3n) is 4.27. The first-order valence-electron chi connectivity index (χ1n) is 8.56. The molecular weight excluding hydrogens is 324 g/mol. The Morgan fingerprint density at radius 1 is 1.15 bits per heavy atom. The normalized spacial score (nSPS) is 10.7. The third kappa shape index (κ3) is 4.11. The second-order valence-corrected chi connectivity index (χ2v) is 6.34. The first-order chi connectivity index (χ1) is 12.6. The Morgan fingerprint density at radius 3 is 2.77 bits per heavy atom. The van der Waals surface area contributed by atoms with E-state index in [4.69, 9.17) is 10.5 Å². The topological polar surface area (TPSA) is 84.0 Å². The van der Waals surface area contributed by atoms with Crippen molar-refractivity contribution in [3.05, 3.63) is 64.7 Å². The minimum Gasteiger partial charge on any atom is -0.489 e. The van der Waals surface area contributed by atoms with Crippen LogP contribution in [0, 0.1) is 18.3 Å². The van der Waals surface area contributed by atoms with Gasteiger partial charge >= 0.3 is 0 Å². The zero-order valence-electron chi connectivity index (χ0n) is 15.0. The molecule has 3 rings (SSSR count). The molecular formula is C21H22N4O. The predicted octanol–water partition coefficient (Wildman–Crippen LogP) is 3.34. The fourth-order valence-electron chi connectivity index (χ4n) is 2.95. The molecule has 5 heteroatoms. The van der Waals surface area contributed by atoms with Crippen LogP contribution in [-0.2, 0) is 13.0 Å². The zero-order chi connectivity index (χ0) is 18.5. The summed E-state index contributed by atoms with van der Waals surface area (Å²) in [6.45, 7) is 3.29. The molecule has 3 aromatic rings. The summed E-state index contributed by atoms with van der Waals surface area (Å²) < 4.78 is 5.93. The number of aryl methyl sites for hydroxylation is 1. The molecule has 0 aliphatic rings. The summed E-state index contributed by atoms with van der Waals surface area (Å²) in [7, 11) is 1.91. The summed E-state index contributed by atoms with van der Waals surface area (Å²) in [5, 5.41) is 13.4.